The molecule has 2 N–H and O–H groups in total. The van der Waals surface area contributed by atoms with Crippen molar-refractivity contribution in [3.8, 4) is 0 Å². The van der Waals surface area contributed by atoms with Gasteiger partial charge in [-0.05, 0) is 31.4 Å². The lowest BCUT2D eigenvalue weighted by Crippen LogP contribution is -2.49. The Bertz CT molecular complexity index is 925. The van der Waals surface area contributed by atoms with E-state index in [4.69, 9.17) is 0 Å². The van der Waals surface area contributed by atoms with E-state index in [-0.39, 0.29) is 5.75 Å². The number of nitrogens with one attached hydrogen (secondary N) is 2. The number of imidazole rings is 1. The molecule has 9 heteroatoms. The number of amides is 4. The highest BCUT2D eigenvalue weighted by molar-refractivity contribution is 7.99. The summed E-state index contributed by atoms with van der Waals surface area (Å²) >= 11 is 1.28. The second-order valence-corrected chi connectivity index (χ2v) is 8.41. The summed E-state index contributed by atoms with van der Waals surface area (Å²) in [6.45, 7) is 8.48. The molecule has 0 unspecified atom stereocenters. The lowest BCUT2D eigenvalue weighted by molar-refractivity contribution is -0.137. The minimum Gasteiger partial charge on any atom is -0.322 e. The topological polar surface area (TPSA) is 96.3 Å². The molecule has 3 rings (SSSR count). The van der Waals surface area contributed by atoms with E-state index in [0.29, 0.717) is 12.3 Å². The van der Waals surface area contributed by atoms with Gasteiger partial charge in [0.05, 0.1) is 16.8 Å². The van der Waals surface area contributed by atoms with Crippen LogP contribution in [-0.4, -0.2) is 43.7 Å². The molecular weight excluding hydrogens is 378 g/mol. The maximum absolute atomic E-state index is 12.4. The van der Waals surface area contributed by atoms with Gasteiger partial charge in [-0.2, -0.15) is 5.01 Å². The average molecular weight is 404 g/mol. The highest BCUT2D eigenvalue weighted by Gasteiger charge is 2.47. The molecule has 0 radical (unpaired) electrons. The van der Waals surface area contributed by atoms with Gasteiger partial charge in [-0.25, -0.2) is 9.78 Å². The highest BCUT2D eigenvalue weighted by Crippen LogP contribution is 2.25. The third-order valence-corrected chi connectivity index (χ3v) is 5.68. The zero-order valence-electron chi connectivity index (χ0n) is 16.5. The van der Waals surface area contributed by atoms with E-state index in [1.54, 1.807) is 13.8 Å². The number of thioether (sulfide) groups is 1. The SMILES string of the molecule is CC[C@]1(C)NC(=O)N(NC(=O)CSc2nc3ccccc3n2CC(C)C)C1=O. The molecule has 0 bridgehead atoms. The van der Waals surface area contributed by atoms with E-state index >= 15 is 0 Å². The Morgan fingerprint density at radius 3 is 2.68 bits per heavy atom. The van der Waals surface area contributed by atoms with Crippen LogP contribution >= 0.6 is 11.8 Å². The van der Waals surface area contributed by atoms with Crippen molar-refractivity contribution < 1.29 is 14.4 Å². The molecule has 0 saturated carbocycles. The van der Waals surface area contributed by atoms with Gasteiger partial charge in [0.15, 0.2) is 5.16 Å². The first-order valence-corrected chi connectivity index (χ1v) is 10.3. The van der Waals surface area contributed by atoms with Crippen LogP contribution in [0.25, 0.3) is 11.0 Å². The number of imide groups is 1. The fourth-order valence-corrected chi connectivity index (χ4v) is 3.83. The van der Waals surface area contributed by atoms with Crippen LogP contribution in [0.4, 0.5) is 4.79 Å². The predicted octanol–water partition coefficient (Wildman–Crippen LogP) is 2.54. The number of hydrazine groups is 1. The van der Waals surface area contributed by atoms with Gasteiger partial charge in [0.1, 0.15) is 5.54 Å². The van der Waals surface area contributed by atoms with Crippen LogP contribution in [0.2, 0.25) is 0 Å². The molecule has 0 spiro atoms. The number of fused-ring (bicyclic) bond motifs is 1. The number of hydrogen-bond donors (Lipinski definition) is 2. The normalized spacial score (nSPS) is 19.5. The molecule has 150 valence electrons. The first kappa shape index (κ1) is 20.2. The van der Waals surface area contributed by atoms with Crippen molar-refractivity contribution >= 4 is 40.6 Å². The molecular formula is C19H25N5O3S. The van der Waals surface area contributed by atoms with Crippen LogP contribution < -0.4 is 10.7 Å². The summed E-state index contributed by atoms with van der Waals surface area (Å²) < 4.78 is 2.10. The van der Waals surface area contributed by atoms with Crippen molar-refractivity contribution in [1.29, 1.82) is 0 Å². The first-order chi connectivity index (χ1) is 13.2. The lowest BCUT2D eigenvalue weighted by Gasteiger charge is -2.19. The molecule has 2 heterocycles. The van der Waals surface area contributed by atoms with Crippen LogP contribution in [0.3, 0.4) is 0 Å². The van der Waals surface area contributed by atoms with Crippen LogP contribution in [0.5, 0.6) is 0 Å². The molecule has 8 nitrogen and oxygen atoms in total. The molecule has 4 amide bonds. The van der Waals surface area contributed by atoms with Crippen LogP contribution in [0, 0.1) is 5.92 Å². The molecule has 28 heavy (non-hydrogen) atoms. The van der Waals surface area contributed by atoms with Crippen molar-refractivity contribution in [2.75, 3.05) is 5.75 Å². The Hall–Kier alpha value is -2.55. The first-order valence-electron chi connectivity index (χ1n) is 9.29. The fourth-order valence-electron chi connectivity index (χ4n) is 3.02. The standard InChI is InChI=1S/C19H25N5O3S/c1-5-19(4)16(26)24(17(27)21-19)22-15(25)11-28-18-20-13-8-6-7-9-14(13)23(18)10-12(2)3/h6-9,12H,5,10-11H2,1-4H3,(H,21,27)(H,22,25)/t19-/m0/s1. The molecule has 1 aliphatic rings. The number of hydrogen-bond acceptors (Lipinski definition) is 5. The third-order valence-electron chi connectivity index (χ3n) is 4.70. The van der Waals surface area contributed by atoms with E-state index in [2.05, 4.69) is 34.1 Å². The van der Waals surface area contributed by atoms with E-state index in [0.717, 1.165) is 27.7 Å². The number of carbonyl (C=O) groups excluding carboxylic acids is 3. The van der Waals surface area contributed by atoms with Crippen molar-refractivity contribution in [2.45, 2.75) is 51.4 Å². The second-order valence-electron chi connectivity index (χ2n) is 7.47. The number of rotatable bonds is 7. The summed E-state index contributed by atoms with van der Waals surface area (Å²) in [4.78, 5) is 41.4. The minimum atomic E-state index is -0.983. The summed E-state index contributed by atoms with van der Waals surface area (Å²) in [5, 5.41) is 4.11. The molecule has 1 aliphatic heterocycles. The van der Waals surface area contributed by atoms with Gasteiger partial charge in [-0.1, -0.05) is 44.7 Å². The van der Waals surface area contributed by atoms with Gasteiger partial charge in [0, 0.05) is 6.54 Å². The van der Waals surface area contributed by atoms with Gasteiger partial charge < -0.3 is 9.88 Å². The van der Waals surface area contributed by atoms with Crippen molar-refractivity contribution in [3.05, 3.63) is 24.3 Å². The quantitative estimate of drug-likeness (QED) is 0.547. The number of para-hydroxylation sites is 2. The molecule has 1 fully saturated rings. The average Bonchev–Trinajstić information content (AvgIpc) is 3.10. The van der Waals surface area contributed by atoms with E-state index in [9.17, 15) is 14.4 Å². The Kier molecular flexibility index (Phi) is 5.64. The van der Waals surface area contributed by atoms with Gasteiger partial charge in [0.2, 0.25) is 5.91 Å². The number of carbonyl (C=O) groups is 3. The number of aromatic nitrogens is 2. The van der Waals surface area contributed by atoms with Crippen LogP contribution in [-0.2, 0) is 16.1 Å². The van der Waals surface area contributed by atoms with Gasteiger partial charge in [-0.15, -0.1) is 0 Å². The summed E-state index contributed by atoms with van der Waals surface area (Å²) in [5.41, 5.74) is 3.32. The van der Waals surface area contributed by atoms with Crippen molar-refractivity contribution in [3.63, 3.8) is 0 Å². The largest absolute Gasteiger partial charge is 0.344 e. The number of benzene rings is 1. The van der Waals surface area contributed by atoms with Gasteiger partial charge in [-0.3, -0.25) is 15.0 Å². The molecule has 0 aliphatic carbocycles. The Labute approximate surface area is 168 Å². The molecule has 2 aromatic rings. The van der Waals surface area contributed by atoms with Crippen LogP contribution in [0.15, 0.2) is 29.4 Å². The smallest absolute Gasteiger partial charge is 0.322 e. The maximum atomic E-state index is 12.4. The third kappa shape index (κ3) is 3.84. The molecule has 1 saturated heterocycles. The zero-order valence-corrected chi connectivity index (χ0v) is 17.3. The lowest BCUT2D eigenvalue weighted by atomic mass is 10.00. The van der Waals surface area contributed by atoms with Crippen LogP contribution in [0.1, 0.15) is 34.1 Å². The minimum absolute atomic E-state index is 0.0430. The highest BCUT2D eigenvalue weighted by atomic mass is 32.2. The Morgan fingerprint density at radius 1 is 1.32 bits per heavy atom. The van der Waals surface area contributed by atoms with Gasteiger partial charge >= 0.3 is 6.03 Å². The van der Waals surface area contributed by atoms with E-state index in [1.807, 2.05) is 24.3 Å². The Balaban J connectivity index is 1.70. The van der Waals surface area contributed by atoms with Gasteiger partial charge in [0.25, 0.3) is 5.91 Å². The summed E-state index contributed by atoms with van der Waals surface area (Å²) in [7, 11) is 0. The molecule has 1 aromatic carbocycles. The maximum Gasteiger partial charge on any atom is 0.344 e. The Morgan fingerprint density at radius 2 is 2.04 bits per heavy atom. The predicted molar refractivity (Wildman–Crippen MR) is 108 cm³/mol. The summed E-state index contributed by atoms with van der Waals surface area (Å²) in [6, 6.07) is 7.23. The molecule has 1 atom stereocenters. The van der Waals surface area contributed by atoms with Crippen molar-refractivity contribution in [2.24, 2.45) is 5.92 Å². The fraction of sp³-hybridized carbons (Fsp3) is 0.474. The van der Waals surface area contributed by atoms with E-state index in [1.165, 1.54) is 11.8 Å². The zero-order chi connectivity index (χ0) is 20.5. The van der Waals surface area contributed by atoms with E-state index < -0.39 is 23.4 Å². The van der Waals surface area contributed by atoms with Crippen molar-refractivity contribution in [1.82, 2.24) is 25.3 Å². The summed E-state index contributed by atoms with van der Waals surface area (Å²) in [6.07, 6.45) is 0.442. The second kappa shape index (κ2) is 7.83. The monoisotopic (exact) mass is 403 g/mol. The molecule has 1 aromatic heterocycles. The number of nitrogens with zero attached hydrogens (tertiary/aromatic N) is 3. The summed E-state index contributed by atoms with van der Waals surface area (Å²) in [5.74, 6) is -0.424. The number of urea groups is 1.